The molecule has 0 radical (unpaired) electrons. The molecule has 6 heteroatoms. The summed E-state index contributed by atoms with van der Waals surface area (Å²) in [5.74, 6) is 0.517. The molecule has 0 aliphatic carbocycles. The number of nitriles is 2. The smallest absolute Gasteiger partial charge is 0.228 e. The van der Waals surface area contributed by atoms with E-state index in [0.717, 1.165) is 23.2 Å². The number of nitrogens with zero attached hydrogens (tertiary/aromatic N) is 2. The number of carbonyl (C=O) groups excluding carboxylic acids is 1. The summed E-state index contributed by atoms with van der Waals surface area (Å²) < 4.78 is 5.81. The van der Waals surface area contributed by atoms with Gasteiger partial charge in [0.05, 0.1) is 34.7 Å². The standard InChI is InChI=1S/C24H18ClN3O2/c1-2-19-5-3-4-6-22(19)28-24(29)13-16-7-8-21(25)23(12-16)30-20-10-17(14-26)9-18(11-20)15-27/h3-12H,2,13H2,1H3,(H,28,29). The molecule has 0 atom stereocenters. The number of carbonyl (C=O) groups is 1. The second-order valence-electron chi connectivity index (χ2n) is 6.57. The molecule has 3 aromatic carbocycles. The first-order chi connectivity index (χ1) is 14.5. The highest BCUT2D eigenvalue weighted by Gasteiger charge is 2.11. The Labute approximate surface area is 180 Å². The van der Waals surface area contributed by atoms with Crippen molar-refractivity contribution in [2.24, 2.45) is 0 Å². The van der Waals surface area contributed by atoms with E-state index in [9.17, 15) is 4.79 Å². The molecular formula is C24H18ClN3O2. The van der Waals surface area contributed by atoms with Crippen molar-refractivity contribution < 1.29 is 9.53 Å². The van der Waals surface area contributed by atoms with Crippen molar-refractivity contribution in [1.29, 1.82) is 10.5 Å². The van der Waals surface area contributed by atoms with Gasteiger partial charge in [0.25, 0.3) is 0 Å². The van der Waals surface area contributed by atoms with Crippen LogP contribution in [0.1, 0.15) is 29.2 Å². The number of ether oxygens (including phenoxy) is 1. The number of anilines is 1. The average molecular weight is 416 g/mol. The molecule has 3 aromatic rings. The second-order valence-corrected chi connectivity index (χ2v) is 6.98. The van der Waals surface area contributed by atoms with Gasteiger partial charge in [-0.15, -0.1) is 0 Å². The number of halogens is 1. The summed E-state index contributed by atoms with van der Waals surface area (Å²) in [7, 11) is 0. The third-order valence-corrected chi connectivity index (χ3v) is 4.74. The second kappa shape index (κ2) is 9.60. The van der Waals surface area contributed by atoms with Crippen molar-refractivity contribution in [3.8, 4) is 23.6 Å². The van der Waals surface area contributed by atoms with Crippen molar-refractivity contribution in [3.63, 3.8) is 0 Å². The maximum Gasteiger partial charge on any atom is 0.228 e. The molecule has 0 aliphatic rings. The number of rotatable bonds is 6. The average Bonchev–Trinajstić information content (AvgIpc) is 2.76. The zero-order chi connectivity index (χ0) is 21.5. The molecule has 5 nitrogen and oxygen atoms in total. The zero-order valence-corrected chi connectivity index (χ0v) is 17.0. The van der Waals surface area contributed by atoms with Gasteiger partial charge in [-0.1, -0.05) is 42.8 Å². The van der Waals surface area contributed by atoms with Gasteiger partial charge in [0, 0.05) is 5.69 Å². The van der Waals surface area contributed by atoms with E-state index < -0.39 is 0 Å². The number of hydrogen-bond acceptors (Lipinski definition) is 4. The van der Waals surface area contributed by atoms with Gasteiger partial charge in [-0.3, -0.25) is 4.79 Å². The minimum absolute atomic E-state index is 0.146. The lowest BCUT2D eigenvalue weighted by atomic mass is 10.1. The van der Waals surface area contributed by atoms with Crippen molar-refractivity contribution in [2.75, 3.05) is 5.32 Å². The molecule has 0 saturated heterocycles. The number of para-hydroxylation sites is 1. The third-order valence-electron chi connectivity index (χ3n) is 4.43. The van der Waals surface area contributed by atoms with Gasteiger partial charge in [-0.25, -0.2) is 0 Å². The van der Waals surface area contributed by atoms with E-state index in [-0.39, 0.29) is 12.3 Å². The van der Waals surface area contributed by atoms with Crippen LogP contribution in [0.15, 0.2) is 60.7 Å². The number of benzene rings is 3. The van der Waals surface area contributed by atoms with Crippen LogP contribution in [0.25, 0.3) is 0 Å². The maximum atomic E-state index is 12.5. The Bertz CT molecular complexity index is 1140. The maximum absolute atomic E-state index is 12.5. The lowest BCUT2D eigenvalue weighted by Gasteiger charge is -2.12. The Morgan fingerprint density at radius 2 is 1.73 bits per heavy atom. The van der Waals surface area contributed by atoms with Gasteiger partial charge >= 0.3 is 0 Å². The highest BCUT2D eigenvalue weighted by Crippen LogP contribution is 2.31. The lowest BCUT2D eigenvalue weighted by molar-refractivity contribution is -0.115. The van der Waals surface area contributed by atoms with Gasteiger partial charge in [0.1, 0.15) is 11.5 Å². The summed E-state index contributed by atoms with van der Waals surface area (Å²) in [6, 6.07) is 21.3. The Morgan fingerprint density at radius 1 is 1.03 bits per heavy atom. The van der Waals surface area contributed by atoms with Crippen molar-refractivity contribution >= 4 is 23.2 Å². The van der Waals surface area contributed by atoms with E-state index in [0.29, 0.717) is 27.6 Å². The molecule has 0 saturated carbocycles. The topological polar surface area (TPSA) is 85.9 Å². The first kappa shape index (κ1) is 20.9. The predicted molar refractivity (Wildman–Crippen MR) is 116 cm³/mol. The number of amides is 1. The van der Waals surface area contributed by atoms with Crippen LogP contribution in [0.3, 0.4) is 0 Å². The quantitative estimate of drug-likeness (QED) is 0.566. The molecule has 148 valence electrons. The Morgan fingerprint density at radius 3 is 2.40 bits per heavy atom. The number of hydrogen-bond donors (Lipinski definition) is 1. The Balaban J connectivity index is 1.78. The van der Waals surface area contributed by atoms with E-state index in [1.165, 1.54) is 18.2 Å². The van der Waals surface area contributed by atoms with Gasteiger partial charge in [-0.05, 0) is 53.9 Å². The molecule has 0 unspecified atom stereocenters. The highest BCUT2D eigenvalue weighted by molar-refractivity contribution is 6.32. The minimum Gasteiger partial charge on any atom is -0.456 e. The van der Waals surface area contributed by atoms with Crippen LogP contribution in [0.5, 0.6) is 11.5 Å². The molecule has 0 spiro atoms. The first-order valence-electron chi connectivity index (χ1n) is 9.31. The fourth-order valence-electron chi connectivity index (χ4n) is 2.98. The van der Waals surface area contributed by atoms with E-state index in [2.05, 4.69) is 5.32 Å². The third kappa shape index (κ3) is 5.17. The van der Waals surface area contributed by atoms with E-state index in [4.69, 9.17) is 26.9 Å². The normalized spacial score (nSPS) is 10.0. The van der Waals surface area contributed by atoms with Crippen molar-refractivity contribution in [3.05, 3.63) is 87.9 Å². The van der Waals surface area contributed by atoms with Crippen LogP contribution < -0.4 is 10.1 Å². The highest BCUT2D eigenvalue weighted by atomic mass is 35.5. The molecule has 1 amide bonds. The number of nitrogens with one attached hydrogen (secondary N) is 1. The monoisotopic (exact) mass is 415 g/mol. The van der Waals surface area contributed by atoms with Gasteiger partial charge < -0.3 is 10.1 Å². The van der Waals surface area contributed by atoms with Gasteiger partial charge in [0.2, 0.25) is 5.91 Å². The summed E-state index contributed by atoms with van der Waals surface area (Å²) >= 11 is 6.24. The van der Waals surface area contributed by atoms with Gasteiger partial charge in [-0.2, -0.15) is 10.5 Å². The Kier molecular flexibility index (Phi) is 6.70. The molecule has 30 heavy (non-hydrogen) atoms. The zero-order valence-electron chi connectivity index (χ0n) is 16.3. The summed E-state index contributed by atoms with van der Waals surface area (Å²) in [4.78, 5) is 12.5. The van der Waals surface area contributed by atoms with Crippen LogP contribution >= 0.6 is 11.6 Å². The molecule has 0 bridgehead atoms. The van der Waals surface area contributed by atoms with E-state index in [1.54, 1.807) is 18.2 Å². The van der Waals surface area contributed by atoms with Crippen molar-refractivity contribution in [2.45, 2.75) is 19.8 Å². The molecule has 0 fully saturated rings. The van der Waals surface area contributed by atoms with E-state index >= 15 is 0 Å². The van der Waals surface area contributed by atoms with Crippen LogP contribution in [0.2, 0.25) is 5.02 Å². The molecule has 1 N–H and O–H groups in total. The lowest BCUT2D eigenvalue weighted by Crippen LogP contribution is -2.15. The molecule has 3 rings (SSSR count). The molecule has 0 heterocycles. The summed E-state index contributed by atoms with van der Waals surface area (Å²) in [6.45, 7) is 2.03. The molecular weight excluding hydrogens is 398 g/mol. The fraction of sp³-hybridized carbons (Fsp3) is 0.125. The summed E-state index contributed by atoms with van der Waals surface area (Å²) in [5.41, 5.74) is 3.21. The molecule has 0 aromatic heterocycles. The van der Waals surface area contributed by atoms with Crippen molar-refractivity contribution in [1.82, 2.24) is 0 Å². The Hall–Kier alpha value is -3.80. The van der Waals surface area contributed by atoms with Crippen LogP contribution in [-0.4, -0.2) is 5.91 Å². The fourth-order valence-corrected chi connectivity index (χ4v) is 3.14. The summed E-state index contributed by atoms with van der Waals surface area (Å²) in [6.07, 6.45) is 0.967. The van der Waals surface area contributed by atoms with Crippen LogP contribution in [0.4, 0.5) is 5.69 Å². The summed E-state index contributed by atoms with van der Waals surface area (Å²) in [5, 5.41) is 21.5. The molecule has 0 aliphatic heterocycles. The predicted octanol–water partition coefficient (Wildman–Crippen LogP) is 5.62. The SMILES string of the molecule is CCc1ccccc1NC(=O)Cc1ccc(Cl)c(Oc2cc(C#N)cc(C#N)c2)c1. The van der Waals surface area contributed by atoms with E-state index in [1.807, 2.05) is 43.3 Å². The largest absolute Gasteiger partial charge is 0.456 e. The van der Waals surface area contributed by atoms with Gasteiger partial charge in [0.15, 0.2) is 0 Å². The van der Waals surface area contributed by atoms with Crippen LogP contribution in [-0.2, 0) is 17.6 Å². The number of aryl methyl sites for hydroxylation is 1. The minimum atomic E-state index is -0.151. The van der Waals surface area contributed by atoms with Crippen LogP contribution in [0, 0.1) is 22.7 Å². The first-order valence-corrected chi connectivity index (χ1v) is 9.69.